The third kappa shape index (κ3) is 5.41. The first-order valence-electron chi connectivity index (χ1n) is 6.05. The Kier molecular flexibility index (Phi) is 6.07. The minimum Gasteiger partial charge on any atom is -0.356 e. The van der Waals surface area contributed by atoms with Gasteiger partial charge in [-0.05, 0) is 18.3 Å². The number of nitrogens with one attached hydrogen (secondary N) is 1. The average molecular weight is 232 g/mol. The summed E-state index contributed by atoms with van der Waals surface area (Å²) in [7, 11) is 0. The molecule has 0 heterocycles. The molecule has 1 aliphatic carbocycles. The van der Waals surface area contributed by atoms with Gasteiger partial charge in [-0.2, -0.15) is 0 Å². The average Bonchev–Trinajstić information content (AvgIpc) is 2.21. The molecule has 0 saturated heterocycles. The van der Waals surface area contributed by atoms with Crippen LogP contribution in [0.4, 0.5) is 0 Å². The highest BCUT2D eigenvalue weighted by Gasteiger charge is 2.17. The maximum Gasteiger partial charge on any atom is 0.221 e. The third-order valence-corrected chi connectivity index (χ3v) is 3.52. The fraction of sp³-hybridized carbons (Fsp3) is 0.917. The van der Waals surface area contributed by atoms with Crippen molar-refractivity contribution in [1.29, 1.82) is 0 Å². The summed E-state index contributed by atoms with van der Waals surface area (Å²) < 4.78 is 0. The summed E-state index contributed by atoms with van der Waals surface area (Å²) >= 11 is 5.48. The van der Waals surface area contributed by atoms with E-state index in [1.807, 2.05) is 0 Å². The zero-order valence-electron chi connectivity index (χ0n) is 9.60. The van der Waals surface area contributed by atoms with Crippen LogP contribution in [0, 0.1) is 11.8 Å². The lowest BCUT2D eigenvalue weighted by Gasteiger charge is -2.26. The largest absolute Gasteiger partial charge is 0.356 e. The van der Waals surface area contributed by atoms with Gasteiger partial charge in [-0.3, -0.25) is 4.79 Å². The molecule has 0 aliphatic heterocycles. The van der Waals surface area contributed by atoms with Gasteiger partial charge in [0.1, 0.15) is 0 Å². The molecule has 15 heavy (non-hydrogen) atoms. The molecule has 1 N–H and O–H groups in total. The monoisotopic (exact) mass is 231 g/mol. The summed E-state index contributed by atoms with van der Waals surface area (Å²) in [6.45, 7) is 3.16. The van der Waals surface area contributed by atoms with Crippen LogP contribution in [0.1, 0.15) is 45.4 Å². The van der Waals surface area contributed by atoms with E-state index in [1.165, 1.54) is 25.7 Å². The van der Waals surface area contributed by atoms with Gasteiger partial charge in [-0.15, -0.1) is 11.6 Å². The molecule has 0 spiro atoms. The minimum atomic E-state index is 0.0918. The van der Waals surface area contributed by atoms with Crippen LogP contribution in [0.15, 0.2) is 0 Å². The van der Waals surface area contributed by atoms with Crippen LogP contribution in [0.3, 0.4) is 0 Å². The standard InChI is InChI=1S/C12H22ClNO/c1-10-2-4-11(5-3-10)7-9-14-12(15)6-8-13/h10-11H,2-9H2,1H3,(H,14,15). The Morgan fingerprint density at radius 2 is 2.00 bits per heavy atom. The quantitative estimate of drug-likeness (QED) is 0.725. The van der Waals surface area contributed by atoms with Crippen LogP contribution in [0.5, 0.6) is 0 Å². The molecule has 2 nitrogen and oxygen atoms in total. The van der Waals surface area contributed by atoms with Crippen LogP contribution in [-0.2, 0) is 4.79 Å². The van der Waals surface area contributed by atoms with E-state index in [2.05, 4.69) is 12.2 Å². The SMILES string of the molecule is CC1CCC(CCNC(=O)CCCl)CC1. The van der Waals surface area contributed by atoms with Gasteiger partial charge in [0, 0.05) is 18.8 Å². The molecule has 0 unspecified atom stereocenters. The summed E-state index contributed by atoms with van der Waals surface area (Å²) in [6.07, 6.45) is 6.99. The van der Waals surface area contributed by atoms with E-state index in [0.29, 0.717) is 12.3 Å². The number of alkyl halides is 1. The molecule has 88 valence electrons. The summed E-state index contributed by atoms with van der Waals surface area (Å²) in [5.41, 5.74) is 0. The number of rotatable bonds is 5. The van der Waals surface area contributed by atoms with Gasteiger partial charge < -0.3 is 5.32 Å². The lowest BCUT2D eigenvalue weighted by Crippen LogP contribution is -2.26. The molecule has 0 atom stereocenters. The second-order valence-electron chi connectivity index (χ2n) is 4.70. The second-order valence-corrected chi connectivity index (χ2v) is 5.08. The Labute approximate surface area is 97.8 Å². The van der Waals surface area contributed by atoms with Crippen molar-refractivity contribution in [2.75, 3.05) is 12.4 Å². The Morgan fingerprint density at radius 1 is 1.33 bits per heavy atom. The Morgan fingerprint density at radius 3 is 2.60 bits per heavy atom. The summed E-state index contributed by atoms with van der Waals surface area (Å²) in [4.78, 5) is 11.1. The van der Waals surface area contributed by atoms with Crippen LogP contribution in [0.2, 0.25) is 0 Å². The highest BCUT2D eigenvalue weighted by Crippen LogP contribution is 2.29. The van der Waals surface area contributed by atoms with Crippen molar-refractivity contribution in [1.82, 2.24) is 5.32 Å². The Bertz CT molecular complexity index is 188. The molecule has 1 saturated carbocycles. The van der Waals surface area contributed by atoms with E-state index in [0.717, 1.165) is 24.8 Å². The second kappa shape index (κ2) is 7.10. The first-order chi connectivity index (χ1) is 7.22. The summed E-state index contributed by atoms with van der Waals surface area (Å²) in [6, 6.07) is 0. The lowest BCUT2D eigenvalue weighted by atomic mass is 9.81. The highest BCUT2D eigenvalue weighted by molar-refractivity contribution is 6.18. The molecule has 0 aromatic heterocycles. The van der Waals surface area contributed by atoms with E-state index in [9.17, 15) is 4.79 Å². The Balaban J connectivity index is 2.02. The molecular formula is C12H22ClNO. The van der Waals surface area contributed by atoms with Crippen LogP contribution in [-0.4, -0.2) is 18.3 Å². The van der Waals surface area contributed by atoms with Crippen molar-refractivity contribution in [3.05, 3.63) is 0 Å². The van der Waals surface area contributed by atoms with Gasteiger partial charge in [0.05, 0.1) is 0 Å². The molecule has 0 aromatic rings. The molecule has 3 heteroatoms. The van der Waals surface area contributed by atoms with Gasteiger partial charge in [-0.25, -0.2) is 0 Å². The molecule has 0 bridgehead atoms. The highest BCUT2D eigenvalue weighted by atomic mass is 35.5. The van der Waals surface area contributed by atoms with Gasteiger partial charge in [0.25, 0.3) is 0 Å². The number of amides is 1. The van der Waals surface area contributed by atoms with Crippen molar-refractivity contribution in [3.8, 4) is 0 Å². The maximum absolute atomic E-state index is 11.1. The number of hydrogen-bond donors (Lipinski definition) is 1. The fourth-order valence-corrected chi connectivity index (χ4v) is 2.38. The smallest absolute Gasteiger partial charge is 0.221 e. The zero-order valence-corrected chi connectivity index (χ0v) is 10.4. The summed E-state index contributed by atoms with van der Waals surface area (Å²) in [5.74, 6) is 2.26. The van der Waals surface area contributed by atoms with Crippen molar-refractivity contribution >= 4 is 17.5 Å². The zero-order chi connectivity index (χ0) is 11.1. The van der Waals surface area contributed by atoms with E-state index >= 15 is 0 Å². The number of carbonyl (C=O) groups is 1. The van der Waals surface area contributed by atoms with Crippen molar-refractivity contribution in [3.63, 3.8) is 0 Å². The third-order valence-electron chi connectivity index (χ3n) is 3.33. The predicted octanol–water partition coefficient (Wildman–Crippen LogP) is 2.95. The first kappa shape index (κ1) is 12.8. The molecule has 1 amide bonds. The van der Waals surface area contributed by atoms with Gasteiger partial charge in [0.2, 0.25) is 5.91 Å². The fourth-order valence-electron chi connectivity index (χ4n) is 2.21. The van der Waals surface area contributed by atoms with Crippen molar-refractivity contribution in [2.24, 2.45) is 11.8 Å². The molecule has 1 fully saturated rings. The lowest BCUT2D eigenvalue weighted by molar-refractivity contribution is -0.120. The number of hydrogen-bond acceptors (Lipinski definition) is 1. The van der Waals surface area contributed by atoms with E-state index in [1.54, 1.807) is 0 Å². The van der Waals surface area contributed by atoms with Crippen molar-refractivity contribution in [2.45, 2.75) is 45.4 Å². The first-order valence-corrected chi connectivity index (χ1v) is 6.58. The number of halogens is 1. The molecule has 0 radical (unpaired) electrons. The normalized spacial score (nSPS) is 26.3. The predicted molar refractivity (Wildman–Crippen MR) is 64.1 cm³/mol. The molecule has 1 rings (SSSR count). The van der Waals surface area contributed by atoms with Crippen molar-refractivity contribution < 1.29 is 4.79 Å². The maximum atomic E-state index is 11.1. The number of carbonyl (C=O) groups excluding carboxylic acids is 1. The van der Waals surface area contributed by atoms with E-state index < -0.39 is 0 Å². The van der Waals surface area contributed by atoms with E-state index in [4.69, 9.17) is 11.6 Å². The molecule has 0 aromatic carbocycles. The molecule has 1 aliphatic rings. The van der Waals surface area contributed by atoms with Crippen LogP contribution in [0.25, 0.3) is 0 Å². The molecular weight excluding hydrogens is 210 g/mol. The van der Waals surface area contributed by atoms with Gasteiger partial charge >= 0.3 is 0 Å². The van der Waals surface area contributed by atoms with Crippen LogP contribution >= 0.6 is 11.6 Å². The minimum absolute atomic E-state index is 0.0918. The van der Waals surface area contributed by atoms with Gasteiger partial charge in [-0.1, -0.05) is 32.6 Å². The Hall–Kier alpha value is -0.240. The summed E-state index contributed by atoms with van der Waals surface area (Å²) in [5, 5.41) is 2.92. The van der Waals surface area contributed by atoms with Crippen LogP contribution < -0.4 is 5.32 Å². The van der Waals surface area contributed by atoms with E-state index in [-0.39, 0.29) is 5.91 Å². The van der Waals surface area contributed by atoms with Gasteiger partial charge in [0.15, 0.2) is 0 Å². The topological polar surface area (TPSA) is 29.1 Å².